The van der Waals surface area contributed by atoms with E-state index >= 15 is 0 Å². The van der Waals surface area contributed by atoms with Crippen molar-refractivity contribution in [3.05, 3.63) is 231 Å². The number of hydrogen-bond acceptors (Lipinski definition) is 0. The minimum atomic E-state index is 1.14. The van der Waals surface area contributed by atoms with E-state index < -0.39 is 0 Å². The molecule has 2 nitrogen and oxygen atoms in total. The summed E-state index contributed by atoms with van der Waals surface area (Å²) < 4.78 is 4.88. The quantitative estimate of drug-likeness (QED) is 0.164. The van der Waals surface area contributed by atoms with Crippen LogP contribution in [-0.2, 0) is 0 Å². The fourth-order valence-electron chi connectivity index (χ4n) is 11.0. The summed E-state index contributed by atoms with van der Waals surface area (Å²) in [5.74, 6) is 0. The molecule has 64 heavy (non-hydrogen) atoms. The molecule has 14 rings (SSSR count). The van der Waals surface area contributed by atoms with Crippen molar-refractivity contribution in [3.63, 3.8) is 0 Å². The van der Waals surface area contributed by atoms with Crippen LogP contribution in [0.3, 0.4) is 0 Å². The average Bonchev–Trinajstić information content (AvgIpc) is 4.00. The number of rotatable bonds is 5. The average molecular weight is 811 g/mol. The number of para-hydroxylation sites is 2. The molecule has 0 unspecified atom stereocenters. The molecule has 0 atom stereocenters. The van der Waals surface area contributed by atoms with E-state index in [9.17, 15) is 0 Å². The minimum absolute atomic E-state index is 1.14. The summed E-state index contributed by atoms with van der Waals surface area (Å²) in [6.45, 7) is 0. The van der Waals surface area contributed by atoms with Gasteiger partial charge in [0, 0.05) is 38.3 Å². The zero-order valence-electron chi connectivity index (χ0n) is 34.8. The molecule has 1 aliphatic carbocycles. The van der Waals surface area contributed by atoms with Crippen LogP contribution >= 0.6 is 0 Å². The number of aromatic nitrogens is 2. The minimum Gasteiger partial charge on any atom is -0.309 e. The molecule has 13 aromatic rings. The van der Waals surface area contributed by atoms with Gasteiger partial charge in [0.15, 0.2) is 0 Å². The van der Waals surface area contributed by atoms with Crippen molar-refractivity contribution >= 4 is 65.2 Å². The van der Waals surface area contributed by atoms with Gasteiger partial charge in [0.2, 0.25) is 0 Å². The third kappa shape index (κ3) is 5.02. The maximum Gasteiger partial charge on any atom is 0.0619 e. The Morgan fingerprint density at radius 1 is 0.234 bits per heavy atom. The predicted molar refractivity (Wildman–Crippen MR) is 271 cm³/mol. The summed E-state index contributed by atoms with van der Waals surface area (Å²) in [7, 11) is 0. The van der Waals surface area contributed by atoms with Crippen LogP contribution in [0.5, 0.6) is 0 Å². The van der Waals surface area contributed by atoms with Gasteiger partial charge in [0.25, 0.3) is 0 Å². The lowest BCUT2D eigenvalue weighted by atomic mass is 9.89. The van der Waals surface area contributed by atoms with E-state index in [-0.39, 0.29) is 0 Å². The van der Waals surface area contributed by atoms with Gasteiger partial charge in [-0.25, -0.2) is 0 Å². The Kier molecular flexibility index (Phi) is 7.43. The lowest BCUT2D eigenvalue weighted by Crippen LogP contribution is -1.95. The highest BCUT2D eigenvalue weighted by Gasteiger charge is 2.23. The largest absolute Gasteiger partial charge is 0.309 e. The standard InChI is InChI=1S/C62H38N2/c1-2-14-43(15-3-1)63-58-24-11-10-21-51(58)52-32-28-42(38-60(52)63)41-29-36-59-57(37-41)56-33-27-39-13-4-5-17-46(39)62(56)64(59)44-30-25-40(26-31-44)45-16-6-7-18-47(45)50-34-35-55-49-20-9-8-19-48(49)53-22-12-23-54(50)61(53)55/h1-38H. The number of fused-ring (bicyclic) bond motifs is 11. The molecule has 0 saturated heterocycles. The topological polar surface area (TPSA) is 9.86 Å². The Bertz CT molecular complexity index is 4020. The summed E-state index contributed by atoms with van der Waals surface area (Å²) in [4.78, 5) is 0. The van der Waals surface area contributed by atoms with Gasteiger partial charge in [-0.3, -0.25) is 0 Å². The van der Waals surface area contributed by atoms with Crippen LogP contribution in [0.15, 0.2) is 231 Å². The molecule has 2 aromatic heterocycles. The fraction of sp³-hybridized carbons (Fsp3) is 0. The van der Waals surface area contributed by atoms with Gasteiger partial charge in [0.05, 0.1) is 22.1 Å². The van der Waals surface area contributed by atoms with E-state index in [1.807, 2.05) is 0 Å². The first-order valence-electron chi connectivity index (χ1n) is 22.2. The van der Waals surface area contributed by atoms with Gasteiger partial charge in [-0.2, -0.15) is 0 Å². The monoisotopic (exact) mass is 810 g/mol. The Balaban J connectivity index is 0.914. The molecule has 11 aromatic carbocycles. The van der Waals surface area contributed by atoms with Gasteiger partial charge in [0.1, 0.15) is 0 Å². The summed E-state index contributed by atoms with van der Waals surface area (Å²) in [5, 5.41) is 10.1. The molecule has 0 amide bonds. The van der Waals surface area contributed by atoms with E-state index in [0.29, 0.717) is 0 Å². The first kappa shape index (κ1) is 35.2. The van der Waals surface area contributed by atoms with Gasteiger partial charge < -0.3 is 9.13 Å². The molecular weight excluding hydrogens is 773 g/mol. The normalized spacial score (nSPS) is 12.1. The zero-order chi connectivity index (χ0) is 41.9. The maximum absolute atomic E-state index is 2.48. The van der Waals surface area contributed by atoms with Crippen molar-refractivity contribution in [2.45, 2.75) is 0 Å². The Labute approximate surface area is 370 Å². The third-order valence-electron chi connectivity index (χ3n) is 13.9. The molecule has 2 heterocycles. The molecule has 0 aliphatic heterocycles. The van der Waals surface area contributed by atoms with Crippen LogP contribution in [0.2, 0.25) is 0 Å². The molecule has 0 N–H and O–H groups in total. The summed E-state index contributed by atoms with van der Waals surface area (Å²) in [6, 6.07) is 85.2. The molecular formula is C62H38N2. The summed E-state index contributed by atoms with van der Waals surface area (Å²) in [6.07, 6.45) is 0. The smallest absolute Gasteiger partial charge is 0.0619 e. The van der Waals surface area contributed by atoms with Gasteiger partial charge in [-0.05, 0) is 120 Å². The van der Waals surface area contributed by atoms with E-state index in [1.165, 1.54) is 126 Å². The van der Waals surface area contributed by atoms with Crippen molar-refractivity contribution in [2.75, 3.05) is 0 Å². The maximum atomic E-state index is 2.48. The van der Waals surface area contributed by atoms with Crippen LogP contribution < -0.4 is 0 Å². The summed E-state index contributed by atoms with van der Waals surface area (Å²) >= 11 is 0. The van der Waals surface area contributed by atoms with E-state index in [2.05, 4.69) is 240 Å². The zero-order valence-corrected chi connectivity index (χ0v) is 34.8. The Hall–Kier alpha value is -8.46. The van der Waals surface area contributed by atoms with Gasteiger partial charge in [-0.1, -0.05) is 182 Å². The lowest BCUT2D eigenvalue weighted by Gasteiger charge is -2.15. The lowest BCUT2D eigenvalue weighted by molar-refractivity contribution is 1.18. The number of nitrogens with zero attached hydrogens (tertiary/aromatic N) is 2. The number of hydrogen-bond donors (Lipinski definition) is 0. The first-order chi connectivity index (χ1) is 31.8. The SMILES string of the molecule is c1ccc(-n2c3ccccc3c3ccc(-c4ccc5c(c4)c4ccc6ccccc6c4n5-c4ccc(-c5ccccc5-c5ccc6c7c(cccc57)-c5ccccc5-6)cc4)cc32)cc1. The Morgan fingerprint density at radius 3 is 1.61 bits per heavy atom. The molecule has 296 valence electrons. The second-order valence-electron chi connectivity index (χ2n) is 17.2. The fourth-order valence-corrected chi connectivity index (χ4v) is 11.0. The third-order valence-corrected chi connectivity index (χ3v) is 13.9. The van der Waals surface area contributed by atoms with E-state index in [0.717, 1.165) is 5.69 Å². The van der Waals surface area contributed by atoms with E-state index in [4.69, 9.17) is 0 Å². The number of benzene rings is 11. The molecule has 2 heteroatoms. The summed E-state index contributed by atoms with van der Waals surface area (Å²) in [5.41, 5.74) is 19.8. The molecule has 0 bridgehead atoms. The van der Waals surface area contributed by atoms with Crippen molar-refractivity contribution in [1.82, 2.24) is 9.13 Å². The molecule has 0 radical (unpaired) electrons. The van der Waals surface area contributed by atoms with Crippen LogP contribution in [-0.4, -0.2) is 9.13 Å². The Morgan fingerprint density at radius 2 is 0.781 bits per heavy atom. The van der Waals surface area contributed by atoms with Gasteiger partial charge >= 0.3 is 0 Å². The highest BCUT2D eigenvalue weighted by atomic mass is 15.0. The molecule has 1 aliphatic rings. The predicted octanol–water partition coefficient (Wildman–Crippen LogP) is 16.8. The first-order valence-corrected chi connectivity index (χ1v) is 22.2. The highest BCUT2D eigenvalue weighted by Crippen LogP contribution is 2.50. The van der Waals surface area contributed by atoms with Crippen LogP contribution in [0.1, 0.15) is 0 Å². The van der Waals surface area contributed by atoms with E-state index in [1.54, 1.807) is 0 Å². The van der Waals surface area contributed by atoms with Crippen molar-refractivity contribution in [2.24, 2.45) is 0 Å². The molecule has 0 saturated carbocycles. The van der Waals surface area contributed by atoms with Crippen LogP contribution in [0.25, 0.3) is 132 Å². The van der Waals surface area contributed by atoms with Crippen molar-refractivity contribution < 1.29 is 0 Å². The van der Waals surface area contributed by atoms with Crippen molar-refractivity contribution in [1.29, 1.82) is 0 Å². The molecule has 0 fully saturated rings. The second-order valence-corrected chi connectivity index (χ2v) is 17.2. The van der Waals surface area contributed by atoms with Crippen molar-refractivity contribution in [3.8, 4) is 67.0 Å². The van der Waals surface area contributed by atoms with Gasteiger partial charge in [-0.15, -0.1) is 0 Å². The molecule has 0 spiro atoms. The van der Waals surface area contributed by atoms with Crippen LogP contribution in [0, 0.1) is 0 Å². The highest BCUT2D eigenvalue weighted by molar-refractivity contribution is 6.21. The second kappa shape index (κ2) is 13.5. The van der Waals surface area contributed by atoms with Crippen LogP contribution in [0.4, 0.5) is 0 Å².